The predicted octanol–water partition coefficient (Wildman–Crippen LogP) is -0.583. The van der Waals surface area contributed by atoms with Gasteiger partial charge in [-0.05, 0) is 15.9 Å². The van der Waals surface area contributed by atoms with E-state index < -0.39 is 10.0 Å². The average Bonchev–Trinajstić information content (AvgIpc) is 2.31. The second-order valence-electron chi connectivity index (χ2n) is 2.10. The maximum absolute atomic E-state index is 11.4. The van der Waals surface area contributed by atoms with Crippen LogP contribution in [0.15, 0.2) is 9.63 Å². The Bertz CT molecular complexity index is 380. The van der Waals surface area contributed by atoms with Crippen molar-refractivity contribution in [3.8, 4) is 0 Å². The van der Waals surface area contributed by atoms with Crippen LogP contribution in [-0.4, -0.2) is 30.5 Å². The molecule has 0 fully saturated rings. The number of hydrogen-bond donors (Lipinski definition) is 1. The Morgan fingerprint density at radius 2 is 2.23 bits per heavy atom. The molecule has 9 heteroatoms. The van der Waals surface area contributed by atoms with E-state index in [0.29, 0.717) is 0 Å². The SMILES string of the molecule is CONS(=O)(=O)c1c(Br)nnn1C. The average molecular weight is 271 g/mol. The van der Waals surface area contributed by atoms with Crippen LogP contribution in [0.25, 0.3) is 0 Å². The van der Waals surface area contributed by atoms with Gasteiger partial charge in [0.25, 0.3) is 10.0 Å². The van der Waals surface area contributed by atoms with Gasteiger partial charge in [-0.3, -0.25) is 4.84 Å². The number of hydrogen-bond acceptors (Lipinski definition) is 5. The smallest absolute Gasteiger partial charge is 0.282 e. The molecule has 0 atom stereocenters. The maximum Gasteiger partial charge on any atom is 0.282 e. The molecule has 0 bridgehead atoms. The van der Waals surface area contributed by atoms with Gasteiger partial charge in [-0.15, -0.1) is 5.10 Å². The summed E-state index contributed by atoms with van der Waals surface area (Å²) >= 11 is 2.95. The lowest BCUT2D eigenvalue weighted by Crippen LogP contribution is -2.24. The zero-order valence-electron chi connectivity index (χ0n) is 6.85. The van der Waals surface area contributed by atoms with Gasteiger partial charge < -0.3 is 0 Å². The fourth-order valence-corrected chi connectivity index (χ4v) is 2.67. The monoisotopic (exact) mass is 270 g/mol. The first-order chi connectivity index (χ1) is 5.99. The van der Waals surface area contributed by atoms with Crippen LogP contribution in [0.5, 0.6) is 0 Å². The van der Waals surface area contributed by atoms with Crippen LogP contribution < -0.4 is 4.89 Å². The molecule has 7 nitrogen and oxygen atoms in total. The summed E-state index contributed by atoms with van der Waals surface area (Å²) in [5.74, 6) is 0. The molecule has 0 aromatic carbocycles. The molecule has 0 unspecified atom stereocenters. The van der Waals surface area contributed by atoms with E-state index in [4.69, 9.17) is 0 Å². The third-order valence-corrected chi connectivity index (χ3v) is 3.33. The third kappa shape index (κ3) is 2.05. The van der Waals surface area contributed by atoms with Crippen LogP contribution in [0.4, 0.5) is 0 Å². The van der Waals surface area contributed by atoms with Crippen molar-refractivity contribution >= 4 is 26.0 Å². The van der Waals surface area contributed by atoms with E-state index in [0.717, 1.165) is 4.68 Å². The van der Waals surface area contributed by atoms with Crippen LogP contribution in [0.2, 0.25) is 0 Å². The van der Waals surface area contributed by atoms with Gasteiger partial charge in [0.05, 0.1) is 7.11 Å². The van der Waals surface area contributed by atoms with Gasteiger partial charge in [0.15, 0.2) is 4.60 Å². The van der Waals surface area contributed by atoms with Crippen molar-refractivity contribution in [1.29, 1.82) is 0 Å². The highest BCUT2D eigenvalue weighted by molar-refractivity contribution is 9.10. The molecule has 1 aromatic heterocycles. The Balaban J connectivity index is 3.21. The Kier molecular flexibility index (Phi) is 3.01. The third-order valence-electron chi connectivity index (χ3n) is 1.18. The molecule has 0 saturated carbocycles. The summed E-state index contributed by atoms with van der Waals surface area (Å²) in [4.78, 5) is 6.16. The number of nitrogens with one attached hydrogen (secondary N) is 1. The summed E-state index contributed by atoms with van der Waals surface area (Å²) in [6.07, 6.45) is 0. The zero-order chi connectivity index (χ0) is 10.1. The second kappa shape index (κ2) is 3.70. The predicted molar refractivity (Wildman–Crippen MR) is 46.0 cm³/mol. The Morgan fingerprint density at radius 1 is 1.62 bits per heavy atom. The molecular formula is C4H7BrN4O3S. The molecule has 0 saturated heterocycles. The van der Waals surface area contributed by atoms with Crippen molar-refractivity contribution in [2.75, 3.05) is 7.11 Å². The molecule has 0 spiro atoms. The summed E-state index contributed by atoms with van der Waals surface area (Å²) in [5.41, 5.74) is 0. The van der Waals surface area contributed by atoms with E-state index >= 15 is 0 Å². The first-order valence-electron chi connectivity index (χ1n) is 3.09. The van der Waals surface area contributed by atoms with Gasteiger partial charge >= 0.3 is 0 Å². The number of sulfonamides is 1. The van der Waals surface area contributed by atoms with Gasteiger partial charge in [-0.2, -0.15) is 0 Å². The first kappa shape index (κ1) is 10.6. The van der Waals surface area contributed by atoms with Crippen molar-refractivity contribution in [2.45, 2.75) is 5.03 Å². The highest BCUT2D eigenvalue weighted by atomic mass is 79.9. The van der Waals surface area contributed by atoms with E-state index in [1.807, 2.05) is 4.89 Å². The normalized spacial score (nSPS) is 11.9. The summed E-state index contributed by atoms with van der Waals surface area (Å²) < 4.78 is 24.0. The van der Waals surface area contributed by atoms with E-state index in [1.165, 1.54) is 14.2 Å². The largest absolute Gasteiger partial charge is 0.290 e. The minimum absolute atomic E-state index is 0.0886. The molecule has 1 aromatic rings. The maximum atomic E-state index is 11.4. The summed E-state index contributed by atoms with van der Waals surface area (Å²) in [7, 11) is -1.05. The second-order valence-corrected chi connectivity index (χ2v) is 4.41. The first-order valence-corrected chi connectivity index (χ1v) is 5.36. The molecule has 74 valence electrons. The highest BCUT2D eigenvalue weighted by Gasteiger charge is 2.23. The molecule has 0 aliphatic carbocycles. The van der Waals surface area contributed by atoms with E-state index in [9.17, 15) is 8.42 Å². The highest BCUT2D eigenvalue weighted by Crippen LogP contribution is 2.16. The number of nitrogens with zero attached hydrogens (tertiary/aromatic N) is 3. The zero-order valence-corrected chi connectivity index (χ0v) is 9.26. The van der Waals surface area contributed by atoms with E-state index in [1.54, 1.807) is 0 Å². The van der Waals surface area contributed by atoms with E-state index in [-0.39, 0.29) is 9.63 Å². The standard InChI is InChI=1S/C4H7BrN4O3S/c1-9-4(3(5)6-7-9)13(10,11)8-12-2/h8H,1-2H3. The van der Waals surface area contributed by atoms with Gasteiger partial charge in [0.2, 0.25) is 5.03 Å². The Hall–Kier alpha value is -0.510. The Labute approximate surface area is 83.2 Å². The lowest BCUT2D eigenvalue weighted by molar-refractivity contribution is 0.152. The lowest BCUT2D eigenvalue weighted by atomic mass is 10.9. The lowest BCUT2D eigenvalue weighted by Gasteiger charge is -2.02. The van der Waals surface area contributed by atoms with Crippen molar-refractivity contribution in [2.24, 2.45) is 7.05 Å². The Morgan fingerprint density at radius 3 is 2.62 bits per heavy atom. The molecule has 0 aliphatic heterocycles. The molecule has 13 heavy (non-hydrogen) atoms. The molecule has 0 aliphatic rings. The number of aryl methyl sites for hydroxylation is 1. The van der Waals surface area contributed by atoms with Gasteiger partial charge in [-0.25, -0.2) is 13.1 Å². The minimum Gasteiger partial charge on any atom is -0.290 e. The summed E-state index contributed by atoms with van der Waals surface area (Å²) in [6.45, 7) is 0. The van der Waals surface area contributed by atoms with Crippen LogP contribution in [-0.2, 0) is 21.9 Å². The molecule has 1 N–H and O–H groups in total. The number of halogens is 1. The van der Waals surface area contributed by atoms with Crippen LogP contribution >= 0.6 is 15.9 Å². The molecule has 1 rings (SSSR count). The van der Waals surface area contributed by atoms with Gasteiger partial charge in [-0.1, -0.05) is 10.1 Å². The van der Waals surface area contributed by atoms with Crippen LogP contribution in [0.3, 0.4) is 0 Å². The van der Waals surface area contributed by atoms with Crippen LogP contribution in [0.1, 0.15) is 0 Å². The summed E-state index contributed by atoms with van der Waals surface area (Å²) in [6, 6.07) is 0. The number of aromatic nitrogens is 3. The fraction of sp³-hybridized carbons (Fsp3) is 0.500. The number of rotatable bonds is 3. The molecule has 1 heterocycles. The molecule has 0 amide bonds. The quantitative estimate of drug-likeness (QED) is 0.743. The van der Waals surface area contributed by atoms with Gasteiger partial charge in [0.1, 0.15) is 0 Å². The van der Waals surface area contributed by atoms with Crippen molar-refractivity contribution < 1.29 is 13.3 Å². The van der Waals surface area contributed by atoms with Crippen molar-refractivity contribution in [1.82, 2.24) is 19.9 Å². The van der Waals surface area contributed by atoms with E-state index in [2.05, 4.69) is 31.1 Å². The van der Waals surface area contributed by atoms with Crippen LogP contribution in [0, 0.1) is 0 Å². The minimum atomic E-state index is -3.71. The van der Waals surface area contributed by atoms with Gasteiger partial charge in [0, 0.05) is 7.05 Å². The fourth-order valence-electron chi connectivity index (χ4n) is 0.757. The summed E-state index contributed by atoms with van der Waals surface area (Å²) in [5, 5.41) is 6.94. The van der Waals surface area contributed by atoms with Crippen molar-refractivity contribution in [3.63, 3.8) is 0 Å². The molecule has 0 radical (unpaired) electrons. The topological polar surface area (TPSA) is 86.1 Å². The molecular weight excluding hydrogens is 264 g/mol. The van der Waals surface area contributed by atoms with Crippen molar-refractivity contribution in [3.05, 3.63) is 4.60 Å².